The Kier molecular flexibility index (Phi) is 1.26. The standard InChI is InChI=1S/C6H10O2/c1-3-8-6(2)4-7-5-6/h3H,1,4-5H2,2H3. The van der Waals surface area contributed by atoms with Crippen molar-refractivity contribution in [3.63, 3.8) is 0 Å². The molecular weight excluding hydrogens is 104 g/mol. The Hall–Kier alpha value is -0.500. The van der Waals surface area contributed by atoms with Gasteiger partial charge in [-0.3, -0.25) is 0 Å². The summed E-state index contributed by atoms with van der Waals surface area (Å²) in [4.78, 5) is 0. The summed E-state index contributed by atoms with van der Waals surface area (Å²) in [5.41, 5.74) is -0.0677. The Morgan fingerprint density at radius 3 is 2.50 bits per heavy atom. The van der Waals surface area contributed by atoms with Gasteiger partial charge >= 0.3 is 0 Å². The molecular formula is C6H10O2. The summed E-state index contributed by atoms with van der Waals surface area (Å²) in [7, 11) is 0. The first kappa shape index (κ1) is 5.63. The Morgan fingerprint density at radius 1 is 1.75 bits per heavy atom. The molecule has 2 heteroatoms. The van der Waals surface area contributed by atoms with Gasteiger partial charge in [-0.15, -0.1) is 0 Å². The largest absolute Gasteiger partial charge is 0.491 e. The van der Waals surface area contributed by atoms with Crippen molar-refractivity contribution in [3.8, 4) is 0 Å². The third-order valence-electron chi connectivity index (χ3n) is 1.18. The van der Waals surface area contributed by atoms with Crippen LogP contribution in [0.4, 0.5) is 0 Å². The van der Waals surface area contributed by atoms with Crippen LogP contribution in [0, 0.1) is 0 Å². The molecule has 0 aromatic carbocycles. The number of rotatable bonds is 2. The molecule has 1 rings (SSSR count). The predicted octanol–water partition coefficient (Wildman–Crippen LogP) is 0.935. The molecule has 0 saturated carbocycles. The molecule has 1 saturated heterocycles. The molecule has 0 aromatic heterocycles. The van der Waals surface area contributed by atoms with Crippen LogP contribution in [-0.4, -0.2) is 18.8 Å². The molecule has 0 aromatic rings. The van der Waals surface area contributed by atoms with Crippen LogP contribution in [-0.2, 0) is 9.47 Å². The van der Waals surface area contributed by atoms with Crippen LogP contribution in [0.5, 0.6) is 0 Å². The predicted molar refractivity (Wildman–Crippen MR) is 30.5 cm³/mol. The summed E-state index contributed by atoms with van der Waals surface area (Å²) >= 11 is 0. The van der Waals surface area contributed by atoms with Gasteiger partial charge in [0.05, 0.1) is 19.5 Å². The van der Waals surface area contributed by atoms with Crippen LogP contribution < -0.4 is 0 Å². The minimum atomic E-state index is -0.0677. The van der Waals surface area contributed by atoms with E-state index in [1.165, 1.54) is 6.26 Å². The fraction of sp³-hybridized carbons (Fsp3) is 0.667. The maximum atomic E-state index is 5.10. The number of ether oxygens (including phenoxy) is 2. The summed E-state index contributed by atoms with van der Waals surface area (Å²) in [5, 5.41) is 0. The number of hydrogen-bond donors (Lipinski definition) is 0. The minimum absolute atomic E-state index is 0.0677. The van der Waals surface area contributed by atoms with Crippen LogP contribution >= 0.6 is 0 Å². The molecule has 0 amide bonds. The monoisotopic (exact) mass is 114 g/mol. The van der Waals surface area contributed by atoms with Gasteiger partial charge in [-0.1, -0.05) is 6.58 Å². The van der Waals surface area contributed by atoms with Gasteiger partial charge in [-0.25, -0.2) is 0 Å². The van der Waals surface area contributed by atoms with Gasteiger partial charge in [-0.2, -0.15) is 0 Å². The summed E-state index contributed by atoms with van der Waals surface area (Å²) in [6.45, 7) is 6.84. The van der Waals surface area contributed by atoms with E-state index < -0.39 is 0 Å². The third-order valence-corrected chi connectivity index (χ3v) is 1.18. The third kappa shape index (κ3) is 0.842. The maximum absolute atomic E-state index is 5.10. The van der Waals surface area contributed by atoms with Crippen LogP contribution in [0.15, 0.2) is 12.8 Å². The van der Waals surface area contributed by atoms with Crippen molar-refractivity contribution >= 4 is 0 Å². The van der Waals surface area contributed by atoms with Gasteiger partial charge in [0.2, 0.25) is 0 Å². The van der Waals surface area contributed by atoms with E-state index in [-0.39, 0.29) is 5.60 Å². The van der Waals surface area contributed by atoms with E-state index >= 15 is 0 Å². The first-order valence-electron chi connectivity index (χ1n) is 2.63. The average molecular weight is 114 g/mol. The average Bonchev–Trinajstić information content (AvgIpc) is 1.64. The lowest BCUT2D eigenvalue weighted by Gasteiger charge is -2.36. The van der Waals surface area contributed by atoms with Crippen molar-refractivity contribution in [1.29, 1.82) is 0 Å². The fourth-order valence-electron chi connectivity index (χ4n) is 0.659. The zero-order valence-electron chi connectivity index (χ0n) is 5.02. The molecule has 46 valence electrons. The second kappa shape index (κ2) is 1.78. The summed E-state index contributed by atoms with van der Waals surface area (Å²) < 4.78 is 10.0. The molecule has 0 bridgehead atoms. The molecule has 8 heavy (non-hydrogen) atoms. The van der Waals surface area contributed by atoms with E-state index in [1.807, 2.05) is 6.92 Å². The van der Waals surface area contributed by atoms with Crippen molar-refractivity contribution in [2.24, 2.45) is 0 Å². The number of hydrogen-bond acceptors (Lipinski definition) is 2. The highest BCUT2D eigenvalue weighted by Gasteiger charge is 2.34. The Morgan fingerprint density at radius 2 is 2.38 bits per heavy atom. The molecule has 0 N–H and O–H groups in total. The van der Waals surface area contributed by atoms with Crippen molar-refractivity contribution in [1.82, 2.24) is 0 Å². The molecule has 1 aliphatic heterocycles. The lowest BCUT2D eigenvalue weighted by molar-refractivity contribution is -0.170. The van der Waals surface area contributed by atoms with Crippen LogP contribution in [0.3, 0.4) is 0 Å². The van der Waals surface area contributed by atoms with E-state index in [0.29, 0.717) is 13.2 Å². The first-order valence-corrected chi connectivity index (χ1v) is 2.63. The summed E-state index contributed by atoms with van der Waals surface area (Å²) in [6.07, 6.45) is 1.46. The maximum Gasteiger partial charge on any atom is 0.152 e. The van der Waals surface area contributed by atoms with Gasteiger partial charge in [-0.05, 0) is 6.92 Å². The van der Waals surface area contributed by atoms with Gasteiger partial charge in [0.15, 0.2) is 5.60 Å². The Balaban J connectivity index is 2.29. The molecule has 1 fully saturated rings. The van der Waals surface area contributed by atoms with Crippen molar-refractivity contribution in [2.45, 2.75) is 12.5 Å². The molecule has 0 atom stereocenters. The molecule has 2 nitrogen and oxygen atoms in total. The summed E-state index contributed by atoms with van der Waals surface area (Å²) in [6, 6.07) is 0. The van der Waals surface area contributed by atoms with Gasteiger partial charge < -0.3 is 9.47 Å². The summed E-state index contributed by atoms with van der Waals surface area (Å²) in [5.74, 6) is 0. The molecule has 0 radical (unpaired) electrons. The lowest BCUT2D eigenvalue weighted by Crippen LogP contribution is -2.47. The smallest absolute Gasteiger partial charge is 0.152 e. The highest BCUT2D eigenvalue weighted by Crippen LogP contribution is 2.20. The molecule has 0 unspecified atom stereocenters. The molecule has 1 aliphatic rings. The van der Waals surface area contributed by atoms with Crippen LogP contribution in [0.1, 0.15) is 6.92 Å². The van der Waals surface area contributed by atoms with Crippen molar-refractivity contribution in [2.75, 3.05) is 13.2 Å². The molecule has 0 aliphatic carbocycles. The van der Waals surface area contributed by atoms with Gasteiger partial charge in [0.1, 0.15) is 0 Å². The van der Waals surface area contributed by atoms with Gasteiger partial charge in [0.25, 0.3) is 0 Å². The van der Waals surface area contributed by atoms with E-state index in [0.717, 1.165) is 0 Å². The van der Waals surface area contributed by atoms with Crippen LogP contribution in [0.2, 0.25) is 0 Å². The van der Waals surface area contributed by atoms with Gasteiger partial charge in [0, 0.05) is 0 Å². The zero-order chi connectivity index (χ0) is 6.04. The first-order chi connectivity index (χ1) is 3.77. The quantitative estimate of drug-likeness (QED) is 0.497. The second-order valence-corrected chi connectivity index (χ2v) is 2.23. The Labute approximate surface area is 49.1 Å². The topological polar surface area (TPSA) is 18.5 Å². The molecule has 0 spiro atoms. The van der Waals surface area contributed by atoms with Crippen molar-refractivity contribution in [3.05, 3.63) is 12.8 Å². The van der Waals surface area contributed by atoms with E-state index in [2.05, 4.69) is 6.58 Å². The highest BCUT2D eigenvalue weighted by molar-refractivity contribution is 4.83. The van der Waals surface area contributed by atoms with E-state index in [1.54, 1.807) is 0 Å². The highest BCUT2D eigenvalue weighted by atomic mass is 16.6. The lowest BCUT2D eigenvalue weighted by atomic mass is 10.1. The normalized spacial score (nSPS) is 23.6. The van der Waals surface area contributed by atoms with E-state index in [4.69, 9.17) is 9.47 Å². The SMILES string of the molecule is C=COC1(C)COC1. The fourth-order valence-corrected chi connectivity index (χ4v) is 0.659. The van der Waals surface area contributed by atoms with Crippen LogP contribution in [0.25, 0.3) is 0 Å². The zero-order valence-corrected chi connectivity index (χ0v) is 5.02. The van der Waals surface area contributed by atoms with Crippen molar-refractivity contribution < 1.29 is 9.47 Å². The van der Waals surface area contributed by atoms with E-state index in [9.17, 15) is 0 Å². The Bertz CT molecular complexity index is 94.7. The second-order valence-electron chi connectivity index (χ2n) is 2.23. The molecule has 1 heterocycles. The minimum Gasteiger partial charge on any atom is -0.491 e.